The molecule has 59 heavy (non-hydrogen) atoms. The van der Waals surface area contributed by atoms with Gasteiger partial charge in [0.2, 0.25) is 5.91 Å². The fraction of sp³-hybridized carbons (Fsp3) is 0.163. The van der Waals surface area contributed by atoms with Gasteiger partial charge in [-0.3, -0.25) is 15.0 Å². The molecule has 7 aromatic rings. The molecule has 10 heteroatoms. The van der Waals surface area contributed by atoms with E-state index in [4.69, 9.17) is 0 Å². The molecule has 5 aromatic carbocycles. The third-order valence-corrected chi connectivity index (χ3v) is 11.9. The van der Waals surface area contributed by atoms with Gasteiger partial charge in [0, 0.05) is 57.7 Å². The van der Waals surface area contributed by atoms with Crippen LogP contribution in [0.25, 0.3) is 23.4 Å². The van der Waals surface area contributed by atoms with E-state index >= 15 is 0 Å². The minimum Gasteiger partial charge on any atom is -0.308 e. The van der Waals surface area contributed by atoms with Crippen LogP contribution >= 0.6 is 0 Å². The van der Waals surface area contributed by atoms with Crippen LogP contribution in [0, 0.1) is 29.2 Å². The molecule has 6 nitrogen and oxygen atoms in total. The summed E-state index contributed by atoms with van der Waals surface area (Å²) >= 11 is 0. The summed E-state index contributed by atoms with van der Waals surface area (Å²) in [7, 11) is 0. The molecule has 1 fully saturated rings. The Balaban J connectivity index is 0.000000152. The zero-order valence-corrected chi connectivity index (χ0v) is 31.9. The van der Waals surface area contributed by atoms with Crippen LogP contribution in [0.3, 0.4) is 0 Å². The molecular weight excluding hydrogens is 751 g/mol. The maximum atomic E-state index is 14.1. The lowest BCUT2D eigenvalue weighted by Gasteiger charge is -2.34. The van der Waals surface area contributed by atoms with Crippen molar-refractivity contribution in [2.24, 2.45) is 5.92 Å². The lowest BCUT2D eigenvalue weighted by molar-refractivity contribution is -0.122. The monoisotopic (exact) mass is 789 g/mol. The molecule has 2 heterocycles. The van der Waals surface area contributed by atoms with Crippen LogP contribution in [0.2, 0.25) is 0 Å². The van der Waals surface area contributed by atoms with E-state index in [2.05, 4.69) is 25.7 Å². The van der Waals surface area contributed by atoms with Gasteiger partial charge in [-0.25, -0.2) is 17.6 Å². The van der Waals surface area contributed by atoms with Crippen LogP contribution < -0.4 is 5.32 Å². The Morgan fingerprint density at radius 3 is 1.49 bits per heavy atom. The number of nitrogens with zero attached hydrogens (tertiary/aromatic N) is 2. The van der Waals surface area contributed by atoms with Crippen LogP contribution in [0.1, 0.15) is 64.0 Å². The molecule has 1 amide bonds. The standard InChI is InChI=1S/C25H18F2N2.C24H21F2N3O/c26-20-10-4-8-18(14-20)25(19-9-5-11-21(27)15-19)13-12-22-23(16-25)28-29-24(22)17-6-2-1-3-7-17;25-18-8-2-6-16(12-18)24(17-7-3-9-19(26)13-17)11-10-20-21(14-24)28-29-22(20)27-23(30)15-4-1-5-15/h1-15H,16H2,(H,28,29);2-3,6-13,15H,1,4-5,14H2,(H2,27,28,29,30). The molecule has 294 valence electrons. The summed E-state index contributed by atoms with van der Waals surface area (Å²) in [5.74, 6) is -0.759. The number of rotatable bonds is 7. The number of nitrogens with one attached hydrogen (secondary N) is 3. The van der Waals surface area contributed by atoms with Gasteiger partial charge in [0.05, 0.1) is 5.69 Å². The number of carbonyl (C=O) groups excluding carboxylic acids is 1. The second-order valence-corrected chi connectivity index (χ2v) is 15.4. The number of fused-ring (bicyclic) bond motifs is 2. The van der Waals surface area contributed by atoms with Gasteiger partial charge >= 0.3 is 0 Å². The largest absolute Gasteiger partial charge is 0.308 e. The number of halogens is 4. The number of carbonyl (C=O) groups is 1. The minimum atomic E-state index is -0.751. The highest BCUT2D eigenvalue weighted by Gasteiger charge is 2.39. The Hall–Kier alpha value is -6.81. The summed E-state index contributed by atoms with van der Waals surface area (Å²) in [6.07, 6.45) is 11.8. The van der Waals surface area contributed by atoms with Crippen molar-refractivity contribution in [1.29, 1.82) is 0 Å². The molecule has 0 bridgehead atoms. The van der Waals surface area contributed by atoms with Gasteiger partial charge in [0.25, 0.3) is 0 Å². The highest BCUT2D eigenvalue weighted by atomic mass is 19.1. The number of benzene rings is 5. The van der Waals surface area contributed by atoms with Gasteiger partial charge in [-0.05, 0) is 83.6 Å². The number of amides is 1. The van der Waals surface area contributed by atoms with Crippen LogP contribution in [-0.2, 0) is 28.5 Å². The summed E-state index contributed by atoms with van der Waals surface area (Å²) in [5, 5.41) is 18.0. The van der Waals surface area contributed by atoms with Gasteiger partial charge in [0.1, 0.15) is 23.3 Å². The summed E-state index contributed by atoms with van der Waals surface area (Å²) in [6.45, 7) is 0. The SMILES string of the molecule is Fc1cccc(C2(c3cccc(F)c3)C=Cc3c(-c4ccccc4)n[nH]c3C2)c1.O=C(Nc1n[nH]c2c1C=CC(c1cccc(F)c1)(c1cccc(F)c1)C2)C1CCC1. The molecule has 3 N–H and O–H groups in total. The number of anilines is 1. The van der Waals surface area contributed by atoms with Crippen LogP contribution in [-0.4, -0.2) is 26.3 Å². The second-order valence-electron chi connectivity index (χ2n) is 15.4. The second kappa shape index (κ2) is 15.5. The first-order chi connectivity index (χ1) is 28.7. The Kier molecular flexibility index (Phi) is 9.92. The number of H-pyrrole nitrogens is 2. The fourth-order valence-corrected chi connectivity index (χ4v) is 8.52. The van der Waals surface area contributed by atoms with Crippen molar-refractivity contribution in [2.45, 2.75) is 42.9 Å². The highest BCUT2D eigenvalue weighted by molar-refractivity contribution is 5.94. The van der Waals surface area contributed by atoms with E-state index in [-0.39, 0.29) is 35.1 Å². The van der Waals surface area contributed by atoms with E-state index in [1.165, 1.54) is 48.5 Å². The lowest BCUT2D eigenvalue weighted by atomic mass is 9.68. The smallest absolute Gasteiger partial charge is 0.228 e. The molecule has 3 aliphatic rings. The Morgan fingerprint density at radius 2 is 1.03 bits per heavy atom. The Bertz CT molecular complexity index is 2640. The van der Waals surface area contributed by atoms with E-state index < -0.39 is 10.8 Å². The molecule has 0 unspecified atom stereocenters. The van der Waals surface area contributed by atoms with E-state index in [9.17, 15) is 22.4 Å². The predicted molar refractivity (Wildman–Crippen MR) is 221 cm³/mol. The molecule has 0 aliphatic heterocycles. The van der Waals surface area contributed by atoms with Crippen molar-refractivity contribution in [2.75, 3.05) is 5.32 Å². The molecule has 0 atom stereocenters. The molecular formula is C49H39F4N5O. The average molecular weight is 790 g/mol. The summed E-state index contributed by atoms with van der Waals surface area (Å²) in [6, 6.07) is 35.8. The van der Waals surface area contributed by atoms with E-state index in [0.29, 0.717) is 18.7 Å². The summed E-state index contributed by atoms with van der Waals surface area (Å²) < 4.78 is 56.3. The number of hydrogen-bond acceptors (Lipinski definition) is 3. The van der Waals surface area contributed by atoms with Gasteiger partial charge in [0.15, 0.2) is 5.82 Å². The predicted octanol–water partition coefficient (Wildman–Crippen LogP) is 10.9. The molecule has 0 spiro atoms. The molecule has 3 aliphatic carbocycles. The minimum absolute atomic E-state index is 0.00366. The quantitative estimate of drug-likeness (QED) is 0.141. The van der Waals surface area contributed by atoms with Crippen molar-refractivity contribution >= 4 is 23.9 Å². The first kappa shape index (κ1) is 37.7. The first-order valence-electron chi connectivity index (χ1n) is 19.6. The third-order valence-electron chi connectivity index (χ3n) is 11.9. The number of allylic oxidation sites excluding steroid dienone is 2. The van der Waals surface area contributed by atoms with Gasteiger partial charge in [-0.15, -0.1) is 0 Å². The number of aromatic nitrogens is 4. The Labute approximate surface area is 338 Å². The number of aromatic amines is 2. The molecule has 1 saturated carbocycles. The lowest BCUT2D eigenvalue weighted by Crippen LogP contribution is -2.31. The van der Waals surface area contributed by atoms with E-state index in [1.807, 2.05) is 78.9 Å². The molecule has 2 aromatic heterocycles. The zero-order valence-electron chi connectivity index (χ0n) is 31.9. The van der Waals surface area contributed by atoms with E-state index in [0.717, 1.165) is 75.3 Å². The maximum Gasteiger partial charge on any atom is 0.228 e. The zero-order chi connectivity index (χ0) is 40.6. The van der Waals surface area contributed by atoms with Crippen molar-refractivity contribution in [1.82, 2.24) is 20.4 Å². The van der Waals surface area contributed by atoms with Crippen molar-refractivity contribution in [3.8, 4) is 11.3 Å². The van der Waals surface area contributed by atoms with Crippen molar-refractivity contribution < 1.29 is 22.4 Å². The highest BCUT2D eigenvalue weighted by Crippen LogP contribution is 2.45. The fourth-order valence-electron chi connectivity index (χ4n) is 8.52. The van der Waals surface area contributed by atoms with Crippen LogP contribution in [0.4, 0.5) is 23.4 Å². The van der Waals surface area contributed by atoms with Crippen LogP contribution in [0.15, 0.2) is 140 Å². The first-order valence-corrected chi connectivity index (χ1v) is 19.6. The average Bonchev–Trinajstić information content (AvgIpc) is 3.83. The summed E-state index contributed by atoms with van der Waals surface area (Å²) in [4.78, 5) is 12.4. The summed E-state index contributed by atoms with van der Waals surface area (Å²) in [5.41, 5.74) is 7.07. The topological polar surface area (TPSA) is 86.5 Å². The normalized spacial score (nSPS) is 15.9. The molecule has 0 radical (unpaired) electrons. The third kappa shape index (κ3) is 7.20. The van der Waals surface area contributed by atoms with Gasteiger partial charge < -0.3 is 5.32 Å². The Morgan fingerprint density at radius 1 is 0.576 bits per heavy atom. The maximum absolute atomic E-state index is 14.1. The van der Waals surface area contributed by atoms with Crippen molar-refractivity contribution in [3.05, 3.63) is 208 Å². The molecule has 0 saturated heterocycles. The van der Waals surface area contributed by atoms with Crippen molar-refractivity contribution in [3.63, 3.8) is 0 Å². The van der Waals surface area contributed by atoms with Gasteiger partial charge in [-0.2, -0.15) is 10.2 Å². The van der Waals surface area contributed by atoms with Crippen LogP contribution in [0.5, 0.6) is 0 Å². The molecule has 10 rings (SSSR count). The van der Waals surface area contributed by atoms with Gasteiger partial charge in [-0.1, -0.05) is 110 Å². The number of hydrogen-bond donors (Lipinski definition) is 3. The van der Waals surface area contributed by atoms with E-state index in [1.54, 1.807) is 24.3 Å².